The molecule has 206 valence electrons. The number of aromatic amines is 1. The van der Waals surface area contributed by atoms with Gasteiger partial charge in [-0.2, -0.15) is 13.2 Å². The quantitative estimate of drug-likeness (QED) is 0.423. The second kappa shape index (κ2) is 11.2. The Kier molecular flexibility index (Phi) is 8.20. The Morgan fingerprint density at radius 2 is 1.89 bits per heavy atom. The van der Waals surface area contributed by atoms with Crippen LogP contribution in [0, 0.1) is 19.8 Å². The normalized spacial score (nSPS) is 16.1. The van der Waals surface area contributed by atoms with Crippen LogP contribution in [0.5, 0.6) is 5.75 Å². The molecule has 0 spiro atoms. The number of carbonyl (C=O) groups excluding carboxylic acids is 1. The molecule has 7 nitrogen and oxygen atoms in total. The summed E-state index contributed by atoms with van der Waals surface area (Å²) in [6.07, 6.45) is -3.33. The maximum Gasteiger partial charge on any atom is 0.390 e. The third-order valence-electron chi connectivity index (χ3n) is 7.69. The number of benzene rings is 1. The van der Waals surface area contributed by atoms with Gasteiger partial charge < -0.3 is 24.5 Å². The van der Waals surface area contributed by atoms with Gasteiger partial charge in [-0.1, -0.05) is 18.2 Å². The van der Waals surface area contributed by atoms with Crippen LogP contribution in [0.3, 0.4) is 0 Å². The minimum absolute atomic E-state index is 0.0164. The van der Waals surface area contributed by atoms with Gasteiger partial charge in [0.1, 0.15) is 5.75 Å². The molecule has 3 heterocycles. The number of hydrogen-bond donors (Lipinski definition) is 2. The summed E-state index contributed by atoms with van der Waals surface area (Å²) in [4.78, 5) is 30.6. The van der Waals surface area contributed by atoms with Gasteiger partial charge in [-0.05, 0) is 64.8 Å². The number of fused-ring (bicyclic) bond motifs is 1. The molecule has 4 rings (SSSR count). The van der Waals surface area contributed by atoms with E-state index < -0.39 is 12.6 Å². The lowest BCUT2D eigenvalue weighted by molar-refractivity contribution is -0.138. The number of rotatable bonds is 8. The number of alkyl halides is 3. The Labute approximate surface area is 220 Å². The Hall–Kier alpha value is -3.27. The minimum Gasteiger partial charge on any atom is -0.496 e. The lowest BCUT2D eigenvalue weighted by Gasteiger charge is -2.36. The van der Waals surface area contributed by atoms with Crippen LogP contribution in [-0.4, -0.2) is 53.3 Å². The standard InChI is InChI=1S/C28H35F3N4O3/c1-17-15-24(38-4)22(26(36)33-17)16-32-27(37)25-19(3)35(23-8-6-5-7-21(23)25)18(2)20-9-12-34(13-10-20)14-11-28(29,30)31/h5-8,15,18,20H,9-14,16H2,1-4H3,(H,32,37)(H,33,36)/t18-/m1/s1. The van der Waals surface area contributed by atoms with E-state index >= 15 is 0 Å². The number of aromatic nitrogens is 2. The third-order valence-corrected chi connectivity index (χ3v) is 7.69. The number of piperidine rings is 1. The van der Waals surface area contributed by atoms with Crippen molar-refractivity contribution in [1.82, 2.24) is 19.8 Å². The second-order valence-electron chi connectivity index (χ2n) is 10.1. The molecule has 1 amide bonds. The molecule has 2 aromatic heterocycles. The first-order valence-corrected chi connectivity index (χ1v) is 12.9. The van der Waals surface area contributed by atoms with Gasteiger partial charge in [0.15, 0.2) is 0 Å². The molecule has 1 saturated heterocycles. The lowest BCUT2D eigenvalue weighted by Crippen LogP contribution is -2.38. The molecule has 1 aliphatic heterocycles. The Bertz CT molecular complexity index is 1350. The van der Waals surface area contributed by atoms with Crippen LogP contribution in [0.4, 0.5) is 13.2 Å². The van der Waals surface area contributed by atoms with E-state index in [1.165, 1.54) is 7.11 Å². The van der Waals surface area contributed by atoms with Crippen molar-refractivity contribution in [3.63, 3.8) is 0 Å². The van der Waals surface area contributed by atoms with Crippen molar-refractivity contribution in [3.05, 3.63) is 63.2 Å². The van der Waals surface area contributed by atoms with Gasteiger partial charge >= 0.3 is 6.18 Å². The highest BCUT2D eigenvalue weighted by atomic mass is 19.4. The number of H-pyrrole nitrogens is 1. The SMILES string of the molecule is COc1cc(C)[nH]c(=O)c1CNC(=O)c1c(C)n([C@H](C)C2CCN(CCC(F)(F)F)CC2)c2ccccc12. The number of methoxy groups -OCH3 is 1. The summed E-state index contributed by atoms with van der Waals surface area (Å²) < 4.78 is 45.4. The van der Waals surface area contributed by atoms with Crippen molar-refractivity contribution in [2.45, 2.75) is 58.8 Å². The molecule has 1 aliphatic rings. The number of hydrogen-bond acceptors (Lipinski definition) is 4. The van der Waals surface area contributed by atoms with E-state index in [4.69, 9.17) is 4.74 Å². The van der Waals surface area contributed by atoms with E-state index in [9.17, 15) is 22.8 Å². The van der Waals surface area contributed by atoms with Gasteiger partial charge in [0.2, 0.25) is 0 Å². The number of amides is 1. The van der Waals surface area contributed by atoms with Gasteiger partial charge in [0, 0.05) is 34.9 Å². The molecule has 1 fully saturated rings. The summed E-state index contributed by atoms with van der Waals surface area (Å²) in [5.41, 5.74) is 3.02. The fraction of sp³-hybridized carbons (Fsp3) is 0.500. The van der Waals surface area contributed by atoms with Crippen LogP contribution >= 0.6 is 0 Å². The molecular formula is C28H35F3N4O3. The van der Waals surface area contributed by atoms with Crippen LogP contribution in [0.15, 0.2) is 35.1 Å². The summed E-state index contributed by atoms with van der Waals surface area (Å²) in [7, 11) is 1.49. The number of carbonyl (C=O) groups is 1. The van der Waals surface area contributed by atoms with Crippen molar-refractivity contribution < 1.29 is 22.7 Å². The number of pyridine rings is 1. The number of likely N-dealkylation sites (tertiary alicyclic amines) is 1. The van der Waals surface area contributed by atoms with Crippen molar-refractivity contribution in [1.29, 1.82) is 0 Å². The molecule has 0 radical (unpaired) electrons. The number of nitrogens with zero attached hydrogens (tertiary/aromatic N) is 2. The van der Waals surface area contributed by atoms with E-state index in [0.29, 0.717) is 35.7 Å². The average Bonchev–Trinajstić information content (AvgIpc) is 3.17. The Morgan fingerprint density at radius 3 is 2.55 bits per heavy atom. The zero-order valence-corrected chi connectivity index (χ0v) is 22.2. The number of nitrogens with one attached hydrogen (secondary N) is 2. The number of para-hydroxylation sites is 1. The average molecular weight is 533 g/mol. The molecular weight excluding hydrogens is 497 g/mol. The zero-order valence-electron chi connectivity index (χ0n) is 22.2. The molecule has 1 aromatic carbocycles. The van der Waals surface area contributed by atoms with Gasteiger partial charge in [0.25, 0.3) is 11.5 Å². The highest BCUT2D eigenvalue weighted by molar-refractivity contribution is 6.08. The molecule has 3 aromatic rings. The maximum absolute atomic E-state index is 13.5. The van der Waals surface area contributed by atoms with Gasteiger partial charge in [0.05, 0.1) is 31.2 Å². The highest BCUT2D eigenvalue weighted by Gasteiger charge is 2.32. The van der Waals surface area contributed by atoms with Crippen LogP contribution in [0.25, 0.3) is 10.9 Å². The summed E-state index contributed by atoms with van der Waals surface area (Å²) in [5.74, 6) is 0.410. The Morgan fingerprint density at radius 1 is 1.21 bits per heavy atom. The second-order valence-corrected chi connectivity index (χ2v) is 10.1. The van der Waals surface area contributed by atoms with E-state index in [1.54, 1.807) is 13.0 Å². The highest BCUT2D eigenvalue weighted by Crippen LogP contribution is 2.36. The minimum atomic E-state index is -4.14. The topological polar surface area (TPSA) is 79.4 Å². The fourth-order valence-electron chi connectivity index (χ4n) is 5.65. The third kappa shape index (κ3) is 5.90. The van der Waals surface area contributed by atoms with E-state index in [1.807, 2.05) is 36.1 Å². The number of halogens is 3. The lowest BCUT2D eigenvalue weighted by atomic mass is 9.90. The molecule has 10 heteroatoms. The molecule has 0 aliphatic carbocycles. The summed E-state index contributed by atoms with van der Waals surface area (Å²) in [5, 5.41) is 3.72. The molecule has 38 heavy (non-hydrogen) atoms. The van der Waals surface area contributed by atoms with Gasteiger partial charge in [-0.15, -0.1) is 0 Å². The first-order chi connectivity index (χ1) is 18.0. The monoisotopic (exact) mass is 532 g/mol. The maximum atomic E-state index is 13.5. The smallest absolute Gasteiger partial charge is 0.390 e. The summed E-state index contributed by atoms with van der Waals surface area (Å²) in [6.45, 7) is 7.11. The van der Waals surface area contributed by atoms with Crippen LogP contribution < -0.4 is 15.6 Å². The van der Waals surface area contributed by atoms with Crippen LogP contribution in [0.1, 0.15) is 59.5 Å². The van der Waals surface area contributed by atoms with Gasteiger partial charge in [-0.25, -0.2) is 0 Å². The molecule has 2 N–H and O–H groups in total. The van der Waals surface area contributed by atoms with Crippen LogP contribution in [-0.2, 0) is 6.54 Å². The molecule has 0 bridgehead atoms. The van der Waals surface area contributed by atoms with Gasteiger partial charge in [-0.3, -0.25) is 9.59 Å². The molecule has 0 saturated carbocycles. The van der Waals surface area contributed by atoms with Crippen LogP contribution in [0.2, 0.25) is 0 Å². The largest absolute Gasteiger partial charge is 0.496 e. The first kappa shape index (κ1) is 27.8. The Balaban J connectivity index is 1.54. The zero-order chi connectivity index (χ0) is 27.6. The summed E-state index contributed by atoms with van der Waals surface area (Å²) >= 11 is 0. The van der Waals surface area contributed by atoms with Crippen molar-refractivity contribution >= 4 is 16.8 Å². The fourth-order valence-corrected chi connectivity index (χ4v) is 5.65. The number of aryl methyl sites for hydroxylation is 1. The van der Waals surface area contributed by atoms with E-state index in [2.05, 4.69) is 21.8 Å². The predicted octanol–water partition coefficient (Wildman–Crippen LogP) is 5.11. The molecule has 1 atom stereocenters. The molecule has 0 unspecified atom stereocenters. The predicted molar refractivity (Wildman–Crippen MR) is 141 cm³/mol. The number of ether oxygens (including phenoxy) is 1. The summed E-state index contributed by atoms with van der Waals surface area (Å²) in [6, 6.07) is 9.51. The van der Waals surface area contributed by atoms with E-state index in [0.717, 1.165) is 29.4 Å². The van der Waals surface area contributed by atoms with Crippen molar-refractivity contribution in [2.75, 3.05) is 26.7 Å². The van der Waals surface area contributed by atoms with E-state index in [-0.39, 0.29) is 36.5 Å². The van der Waals surface area contributed by atoms with Crippen molar-refractivity contribution in [2.24, 2.45) is 5.92 Å². The van der Waals surface area contributed by atoms with Crippen molar-refractivity contribution in [3.8, 4) is 5.75 Å². The first-order valence-electron chi connectivity index (χ1n) is 12.9.